The first kappa shape index (κ1) is 24.5. The summed E-state index contributed by atoms with van der Waals surface area (Å²) in [7, 11) is 0. The Morgan fingerprint density at radius 2 is 1.93 bits per heavy atom. The van der Waals surface area contributed by atoms with E-state index in [9.17, 15) is 9.90 Å². The molecule has 1 aromatic carbocycles. The maximum atomic E-state index is 11.5. The third-order valence-corrected chi connectivity index (χ3v) is 5.80. The molecule has 1 saturated carbocycles. The molecule has 30 heavy (non-hydrogen) atoms. The lowest BCUT2D eigenvalue weighted by Gasteiger charge is -2.17. The van der Waals surface area contributed by atoms with Crippen LogP contribution in [0.4, 0.5) is 0 Å². The number of carbonyl (C=O) groups excluding carboxylic acids is 1. The minimum absolute atomic E-state index is 0.0628. The lowest BCUT2D eigenvalue weighted by atomic mass is 9.89. The molecule has 168 valence electrons. The van der Waals surface area contributed by atoms with Crippen molar-refractivity contribution < 1.29 is 19.4 Å². The van der Waals surface area contributed by atoms with Crippen LogP contribution in [0.3, 0.4) is 0 Å². The summed E-state index contributed by atoms with van der Waals surface area (Å²) in [6, 6.07) is 9.96. The Bertz CT molecular complexity index is 611. The number of para-hydroxylation sites is 1. The highest BCUT2D eigenvalue weighted by Crippen LogP contribution is 2.36. The number of esters is 1. The van der Waals surface area contributed by atoms with Crippen molar-refractivity contribution in [2.24, 2.45) is 11.8 Å². The van der Waals surface area contributed by atoms with Gasteiger partial charge in [-0.15, -0.1) is 0 Å². The first-order chi connectivity index (χ1) is 14.5. The number of aliphatic hydroxyl groups excluding tert-OH is 1. The molecule has 3 atom stereocenters. The number of allylic oxidation sites excluding steroid dienone is 1. The van der Waals surface area contributed by atoms with E-state index in [1.807, 2.05) is 44.2 Å². The van der Waals surface area contributed by atoms with Crippen LogP contribution in [0.1, 0.15) is 78.1 Å². The number of aliphatic hydroxyl groups is 1. The fraction of sp³-hybridized carbons (Fsp3) is 0.654. The lowest BCUT2D eigenvalue weighted by Crippen LogP contribution is -2.13. The van der Waals surface area contributed by atoms with Crippen molar-refractivity contribution in [1.82, 2.24) is 0 Å². The van der Waals surface area contributed by atoms with Gasteiger partial charge in [-0.2, -0.15) is 0 Å². The van der Waals surface area contributed by atoms with E-state index in [-0.39, 0.29) is 18.2 Å². The summed E-state index contributed by atoms with van der Waals surface area (Å²) < 4.78 is 10.9. The highest BCUT2D eigenvalue weighted by atomic mass is 16.5. The predicted octanol–water partition coefficient (Wildman–Crippen LogP) is 6.08. The molecule has 2 rings (SSSR count). The SMILES string of the molecule is CC(C)OC(=O)CCC[C@H](O)CCC[C@H]1CCC[C@@H]1/C=C/CCOc1ccccc1. The maximum Gasteiger partial charge on any atom is 0.306 e. The van der Waals surface area contributed by atoms with Crippen molar-refractivity contribution in [3.63, 3.8) is 0 Å². The van der Waals surface area contributed by atoms with E-state index in [1.54, 1.807) is 0 Å². The highest BCUT2D eigenvalue weighted by Gasteiger charge is 2.24. The largest absolute Gasteiger partial charge is 0.493 e. The van der Waals surface area contributed by atoms with Crippen LogP contribution in [0, 0.1) is 11.8 Å². The standard InChI is InChI=1S/C26H40O4/c1-21(2)30-26(28)19-10-16-24(27)15-9-14-23-13-8-12-22(23)11-6-7-20-29-25-17-4-3-5-18-25/h3-6,11,17-18,21-24,27H,7-10,12-16,19-20H2,1-2H3/b11-6+/t22-,23+,24+/m0/s1. The molecular weight excluding hydrogens is 376 g/mol. The fourth-order valence-electron chi connectivity index (χ4n) is 4.27. The topological polar surface area (TPSA) is 55.8 Å². The van der Waals surface area contributed by atoms with E-state index in [0.717, 1.165) is 37.5 Å². The second-order valence-electron chi connectivity index (χ2n) is 8.75. The molecule has 0 unspecified atom stereocenters. The zero-order chi connectivity index (χ0) is 21.6. The van der Waals surface area contributed by atoms with E-state index in [2.05, 4.69) is 12.2 Å². The number of hydrogen-bond acceptors (Lipinski definition) is 4. The number of rotatable bonds is 14. The second-order valence-corrected chi connectivity index (χ2v) is 8.75. The summed E-state index contributed by atoms with van der Waals surface area (Å²) >= 11 is 0. The Labute approximate surface area is 182 Å². The maximum absolute atomic E-state index is 11.5. The van der Waals surface area contributed by atoms with Gasteiger partial charge in [-0.25, -0.2) is 0 Å². The molecular formula is C26H40O4. The monoisotopic (exact) mass is 416 g/mol. The molecule has 1 aliphatic rings. The average Bonchev–Trinajstić information content (AvgIpc) is 3.15. The Balaban J connectivity index is 1.55. The quantitative estimate of drug-likeness (QED) is 0.227. The fourth-order valence-corrected chi connectivity index (χ4v) is 4.27. The molecule has 4 nitrogen and oxygen atoms in total. The predicted molar refractivity (Wildman–Crippen MR) is 121 cm³/mol. The minimum atomic E-state index is -0.303. The van der Waals surface area contributed by atoms with Crippen LogP contribution >= 0.6 is 0 Å². The third-order valence-electron chi connectivity index (χ3n) is 5.80. The zero-order valence-electron chi connectivity index (χ0n) is 18.8. The molecule has 0 aliphatic heterocycles. The van der Waals surface area contributed by atoms with Gasteiger partial charge < -0.3 is 14.6 Å². The van der Waals surface area contributed by atoms with Gasteiger partial charge in [0.15, 0.2) is 0 Å². The van der Waals surface area contributed by atoms with Crippen molar-refractivity contribution in [2.75, 3.05) is 6.61 Å². The summed E-state index contributed by atoms with van der Waals surface area (Å²) in [5, 5.41) is 10.2. The van der Waals surface area contributed by atoms with Crippen LogP contribution in [-0.4, -0.2) is 29.9 Å². The minimum Gasteiger partial charge on any atom is -0.493 e. The second kappa shape index (κ2) is 14.2. The molecule has 0 saturated heterocycles. The number of hydrogen-bond donors (Lipinski definition) is 1. The number of carbonyl (C=O) groups is 1. The van der Waals surface area contributed by atoms with Crippen molar-refractivity contribution in [3.8, 4) is 5.75 Å². The summed E-state index contributed by atoms with van der Waals surface area (Å²) in [5.74, 6) is 2.18. The molecule has 0 bridgehead atoms. The highest BCUT2D eigenvalue weighted by molar-refractivity contribution is 5.69. The molecule has 1 aliphatic carbocycles. The summed E-state index contributed by atoms with van der Waals surface area (Å²) in [6.45, 7) is 4.43. The van der Waals surface area contributed by atoms with Gasteiger partial charge in [0, 0.05) is 6.42 Å². The Morgan fingerprint density at radius 3 is 2.70 bits per heavy atom. The molecule has 1 aromatic rings. The summed E-state index contributed by atoms with van der Waals surface area (Å²) in [6.07, 6.45) is 14.0. The Hall–Kier alpha value is -1.81. The van der Waals surface area contributed by atoms with Gasteiger partial charge in [0.05, 0.1) is 18.8 Å². The van der Waals surface area contributed by atoms with Gasteiger partial charge in [-0.05, 0) is 82.8 Å². The van der Waals surface area contributed by atoms with Gasteiger partial charge in [0.25, 0.3) is 0 Å². The summed E-state index contributed by atoms with van der Waals surface area (Å²) in [5.41, 5.74) is 0. The first-order valence-electron chi connectivity index (χ1n) is 11.8. The molecule has 4 heteroatoms. The summed E-state index contributed by atoms with van der Waals surface area (Å²) in [4.78, 5) is 11.5. The van der Waals surface area contributed by atoms with Gasteiger partial charge in [-0.3, -0.25) is 4.79 Å². The van der Waals surface area contributed by atoms with Crippen molar-refractivity contribution in [2.45, 2.75) is 90.3 Å². The Kier molecular flexibility index (Phi) is 11.6. The smallest absolute Gasteiger partial charge is 0.306 e. The van der Waals surface area contributed by atoms with E-state index < -0.39 is 0 Å². The number of benzene rings is 1. The van der Waals surface area contributed by atoms with Gasteiger partial charge in [-0.1, -0.05) is 43.2 Å². The van der Waals surface area contributed by atoms with Crippen LogP contribution in [0.2, 0.25) is 0 Å². The van der Waals surface area contributed by atoms with Gasteiger partial charge in [0.2, 0.25) is 0 Å². The van der Waals surface area contributed by atoms with E-state index >= 15 is 0 Å². The molecule has 0 aromatic heterocycles. The molecule has 0 radical (unpaired) electrons. The molecule has 0 amide bonds. The molecule has 1 fully saturated rings. The molecule has 0 spiro atoms. The van der Waals surface area contributed by atoms with Crippen LogP contribution in [-0.2, 0) is 9.53 Å². The Morgan fingerprint density at radius 1 is 1.17 bits per heavy atom. The van der Waals surface area contributed by atoms with Crippen molar-refractivity contribution >= 4 is 5.97 Å². The van der Waals surface area contributed by atoms with Crippen LogP contribution < -0.4 is 4.74 Å². The van der Waals surface area contributed by atoms with Crippen LogP contribution in [0.15, 0.2) is 42.5 Å². The van der Waals surface area contributed by atoms with Crippen molar-refractivity contribution in [3.05, 3.63) is 42.5 Å². The van der Waals surface area contributed by atoms with Crippen LogP contribution in [0.25, 0.3) is 0 Å². The molecule has 1 N–H and O–H groups in total. The third kappa shape index (κ3) is 10.3. The van der Waals surface area contributed by atoms with Gasteiger partial charge in [0.1, 0.15) is 5.75 Å². The van der Waals surface area contributed by atoms with E-state index in [1.165, 1.54) is 25.7 Å². The first-order valence-corrected chi connectivity index (χ1v) is 11.8. The van der Waals surface area contributed by atoms with Gasteiger partial charge >= 0.3 is 5.97 Å². The number of ether oxygens (including phenoxy) is 2. The van der Waals surface area contributed by atoms with E-state index in [0.29, 0.717) is 25.2 Å². The average molecular weight is 417 g/mol. The van der Waals surface area contributed by atoms with E-state index in [4.69, 9.17) is 9.47 Å². The zero-order valence-corrected chi connectivity index (χ0v) is 18.8. The lowest BCUT2D eigenvalue weighted by molar-refractivity contribution is -0.147. The normalized spacial score (nSPS) is 20.0. The molecule has 0 heterocycles. The van der Waals surface area contributed by atoms with Crippen molar-refractivity contribution in [1.29, 1.82) is 0 Å². The van der Waals surface area contributed by atoms with Crippen LogP contribution in [0.5, 0.6) is 5.75 Å².